The second-order valence-corrected chi connectivity index (χ2v) is 5.00. The number of benzene rings is 1. The normalized spacial score (nSPS) is 14.8. The zero-order valence-corrected chi connectivity index (χ0v) is 12.1. The van der Waals surface area contributed by atoms with Crippen LogP contribution in [-0.4, -0.2) is 50.1 Å². The molecule has 0 atom stereocenters. The number of aromatic nitrogens is 4. The molecule has 0 saturated carbocycles. The molecule has 0 spiro atoms. The quantitative estimate of drug-likeness (QED) is 0.896. The summed E-state index contributed by atoms with van der Waals surface area (Å²) in [6.45, 7) is 0.275. The van der Waals surface area contributed by atoms with Gasteiger partial charge in [0.05, 0.1) is 5.56 Å². The van der Waals surface area contributed by atoms with E-state index in [-0.39, 0.29) is 24.5 Å². The maximum Gasteiger partial charge on any atom is 0.416 e. The first-order valence-electron chi connectivity index (χ1n) is 6.88. The predicted molar refractivity (Wildman–Crippen MR) is 73.4 cm³/mol. The first-order chi connectivity index (χ1) is 11.3. The Balaban J connectivity index is 1.76. The fraction of sp³-hybridized carbons (Fsp3) is 0.308. The molecule has 11 heteroatoms. The van der Waals surface area contributed by atoms with Crippen molar-refractivity contribution in [3.05, 3.63) is 29.8 Å². The molecule has 1 aromatic heterocycles. The van der Waals surface area contributed by atoms with Crippen LogP contribution in [0.25, 0.3) is 11.4 Å². The zero-order chi connectivity index (χ0) is 17.3. The number of hydrogen-bond donors (Lipinski definition) is 1. The van der Waals surface area contributed by atoms with Crippen molar-refractivity contribution in [2.75, 3.05) is 13.1 Å². The highest BCUT2D eigenvalue weighted by Crippen LogP contribution is 2.31. The number of hydrogen-bond acceptors (Lipinski definition) is 5. The van der Waals surface area contributed by atoms with Crippen molar-refractivity contribution in [1.82, 2.24) is 30.4 Å². The smallest absolute Gasteiger partial charge is 0.336 e. The van der Waals surface area contributed by atoms with Gasteiger partial charge in [-0.1, -0.05) is 12.1 Å². The number of rotatable bonds is 3. The summed E-state index contributed by atoms with van der Waals surface area (Å²) < 4.78 is 38.2. The lowest BCUT2D eigenvalue weighted by Crippen LogP contribution is -2.37. The van der Waals surface area contributed by atoms with E-state index in [1.165, 1.54) is 12.1 Å². The fourth-order valence-corrected chi connectivity index (χ4v) is 2.18. The highest BCUT2D eigenvalue weighted by Gasteiger charge is 2.31. The number of urea groups is 1. The van der Waals surface area contributed by atoms with Gasteiger partial charge in [-0.2, -0.15) is 18.0 Å². The highest BCUT2D eigenvalue weighted by atomic mass is 19.4. The van der Waals surface area contributed by atoms with E-state index in [0.29, 0.717) is 6.54 Å². The number of imide groups is 1. The molecule has 2 aromatic rings. The minimum atomic E-state index is -4.48. The second-order valence-electron chi connectivity index (χ2n) is 5.00. The summed E-state index contributed by atoms with van der Waals surface area (Å²) in [5, 5.41) is 13.7. The Morgan fingerprint density at radius 3 is 2.79 bits per heavy atom. The van der Waals surface area contributed by atoms with Crippen molar-refractivity contribution in [2.24, 2.45) is 0 Å². The van der Waals surface area contributed by atoms with Gasteiger partial charge in [-0.15, -0.1) is 10.2 Å². The second kappa shape index (κ2) is 5.91. The minimum Gasteiger partial charge on any atom is -0.336 e. The number of tetrazole rings is 1. The van der Waals surface area contributed by atoms with E-state index in [4.69, 9.17) is 0 Å². The molecule has 1 N–H and O–H groups in total. The Kier molecular flexibility index (Phi) is 3.91. The average Bonchev–Trinajstić information content (AvgIpc) is 3.15. The summed E-state index contributed by atoms with van der Waals surface area (Å²) in [5.74, 6) is -0.572. The van der Waals surface area contributed by atoms with E-state index < -0.39 is 23.7 Å². The van der Waals surface area contributed by atoms with Gasteiger partial charge in [-0.25, -0.2) is 4.79 Å². The van der Waals surface area contributed by atoms with E-state index in [0.717, 1.165) is 21.8 Å². The van der Waals surface area contributed by atoms with Gasteiger partial charge >= 0.3 is 12.2 Å². The van der Waals surface area contributed by atoms with Crippen LogP contribution in [-0.2, 0) is 17.5 Å². The van der Waals surface area contributed by atoms with Gasteiger partial charge in [-0.05, 0) is 17.3 Å². The largest absolute Gasteiger partial charge is 0.416 e. The molecule has 1 saturated heterocycles. The SMILES string of the molecule is O=C(Cn1nnc(-c2cccc(C(F)(F)F)c2)n1)N1CCNC1=O. The van der Waals surface area contributed by atoms with Crippen LogP contribution >= 0.6 is 0 Å². The van der Waals surface area contributed by atoms with E-state index in [9.17, 15) is 22.8 Å². The molecule has 0 bridgehead atoms. The molecule has 0 aliphatic carbocycles. The molecular weight excluding hydrogens is 329 g/mol. The molecule has 126 valence electrons. The van der Waals surface area contributed by atoms with Gasteiger partial charge in [0.15, 0.2) is 0 Å². The number of alkyl halides is 3. The van der Waals surface area contributed by atoms with Crippen LogP contribution in [0.15, 0.2) is 24.3 Å². The van der Waals surface area contributed by atoms with Gasteiger partial charge in [-0.3, -0.25) is 9.69 Å². The molecule has 1 aromatic carbocycles. The van der Waals surface area contributed by atoms with E-state index in [1.54, 1.807) is 0 Å². The van der Waals surface area contributed by atoms with Gasteiger partial charge in [0.25, 0.3) is 5.91 Å². The zero-order valence-electron chi connectivity index (χ0n) is 12.1. The Labute approximate surface area is 133 Å². The Bertz CT molecular complexity index is 788. The fourth-order valence-electron chi connectivity index (χ4n) is 2.18. The van der Waals surface area contributed by atoms with Crippen LogP contribution in [0.4, 0.5) is 18.0 Å². The third-order valence-corrected chi connectivity index (χ3v) is 3.34. The third kappa shape index (κ3) is 3.19. The molecule has 1 aliphatic rings. The number of carbonyl (C=O) groups excluding carboxylic acids is 2. The number of amides is 3. The van der Waals surface area contributed by atoms with Crippen molar-refractivity contribution in [1.29, 1.82) is 0 Å². The summed E-state index contributed by atoms with van der Waals surface area (Å²) in [7, 11) is 0. The standard InChI is InChI=1S/C13H11F3N6O2/c14-13(15,16)9-3-1-2-8(6-9)11-18-20-22(19-11)7-10(23)21-5-4-17-12(21)24/h1-3,6H,4-5,7H2,(H,17,24). The van der Waals surface area contributed by atoms with Crippen molar-refractivity contribution in [3.63, 3.8) is 0 Å². The number of nitrogens with zero attached hydrogens (tertiary/aromatic N) is 5. The summed E-state index contributed by atoms with van der Waals surface area (Å²) in [5.41, 5.74) is -0.705. The molecule has 1 aliphatic heterocycles. The molecule has 8 nitrogen and oxygen atoms in total. The molecule has 2 heterocycles. The molecule has 0 unspecified atom stereocenters. The summed E-state index contributed by atoms with van der Waals surface area (Å²) >= 11 is 0. The predicted octanol–water partition coefficient (Wildman–Crippen LogP) is 0.911. The van der Waals surface area contributed by atoms with Crippen LogP contribution < -0.4 is 5.32 Å². The maximum atomic E-state index is 12.7. The van der Waals surface area contributed by atoms with Gasteiger partial charge < -0.3 is 5.32 Å². The molecule has 1 fully saturated rings. The van der Waals surface area contributed by atoms with Crippen molar-refractivity contribution >= 4 is 11.9 Å². The van der Waals surface area contributed by atoms with Crippen LogP contribution in [0, 0.1) is 0 Å². The van der Waals surface area contributed by atoms with E-state index >= 15 is 0 Å². The van der Waals surface area contributed by atoms with Crippen molar-refractivity contribution in [3.8, 4) is 11.4 Å². The monoisotopic (exact) mass is 340 g/mol. The lowest BCUT2D eigenvalue weighted by Gasteiger charge is -2.10. The van der Waals surface area contributed by atoms with Crippen LogP contribution in [0.1, 0.15) is 5.56 Å². The Hall–Kier alpha value is -2.98. The van der Waals surface area contributed by atoms with Gasteiger partial charge in [0.2, 0.25) is 5.82 Å². The molecule has 0 radical (unpaired) electrons. The Morgan fingerprint density at radius 2 is 2.12 bits per heavy atom. The van der Waals surface area contributed by atoms with Gasteiger partial charge in [0.1, 0.15) is 6.54 Å². The Morgan fingerprint density at radius 1 is 1.33 bits per heavy atom. The molecule has 24 heavy (non-hydrogen) atoms. The van der Waals surface area contributed by atoms with Crippen molar-refractivity contribution < 1.29 is 22.8 Å². The molecular formula is C13H11F3N6O2. The first kappa shape index (κ1) is 15.9. The van der Waals surface area contributed by atoms with Crippen LogP contribution in [0.2, 0.25) is 0 Å². The highest BCUT2D eigenvalue weighted by molar-refractivity contribution is 5.95. The van der Waals surface area contributed by atoms with Crippen LogP contribution in [0.3, 0.4) is 0 Å². The lowest BCUT2D eigenvalue weighted by molar-refractivity contribution is -0.137. The summed E-state index contributed by atoms with van der Waals surface area (Å²) in [6, 6.07) is 3.98. The summed E-state index contributed by atoms with van der Waals surface area (Å²) in [6.07, 6.45) is -4.48. The number of carbonyl (C=O) groups is 2. The van der Waals surface area contributed by atoms with E-state index in [2.05, 4.69) is 20.7 Å². The number of nitrogens with one attached hydrogen (secondary N) is 1. The topological polar surface area (TPSA) is 93.0 Å². The third-order valence-electron chi connectivity index (χ3n) is 3.34. The van der Waals surface area contributed by atoms with Crippen molar-refractivity contribution in [2.45, 2.75) is 12.7 Å². The molecule has 3 rings (SSSR count). The first-order valence-corrected chi connectivity index (χ1v) is 6.88. The molecule has 3 amide bonds. The maximum absolute atomic E-state index is 12.7. The summed E-state index contributed by atoms with van der Waals surface area (Å²) in [4.78, 5) is 25.3. The van der Waals surface area contributed by atoms with Gasteiger partial charge in [0, 0.05) is 18.7 Å². The van der Waals surface area contributed by atoms with E-state index in [1.807, 2.05) is 0 Å². The minimum absolute atomic E-state index is 0.0419. The number of halogens is 3. The lowest BCUT2D eigenvalue weighted by atomic mass is 10.1. The van der Waals surface area contributed by atoms with Crippen LogP contribution in [0.5, 0.6) is 0 Å². The average molecular weight is 340 g/mol.